The van der Waals surface area contributed by atoms with Crippen LogP contribution in [0.25, 0.3) is 0 Å². The minimum Gasteiger partial charge on any atom is -0.507 e. The lowest BCUT2D eigenvalue weighted by molar-refractivity contribution is -0.125. The van der Waals surface area contributed by atoms with Crippen LogP contribution < -0.4 is 5.73 Å². The summed E-state index contributed by atoms with van der Waals surface area (Å²) in [6.45, 7) is 1.36. The van der Waals surface area contributed by atoms with Gasteiger partial charge in [-0.05, 0) is 25.1 Å². The summed E-state index contributed by atoms with van der Waals surface area (Å²) in [6.07, 6.45) is -1.04. The minimum atomic E-state index is -1.04. The predicted molar refractivity (Wildman–Crippen MR) is 59.9 cm³/mol. The van der Waals surface area contributed by atoms with Gasteiger partial charge >= 0.3 is 5.97 Å². The number of phenols is 1. The van der Waals surface area contributed by atoms with Crippen molar-refractivity contribution < 1.29 is 19.4 Å². The number of nitrogens with two attached hydrogens (primary N) is 1. The fraction of sp³-hybridized carbons (Fsp3) is 0.200. The molecule has 1 rings (SSSR count). The van der Waals surface area contributed by atoms with Crippen LogP contribution in [0, 0.1) is 0 Å². The van der Waals surface area contributed by atoms with E-state index in [1.54, 1.807) is 6.07 Å². The van der Waals surface area contributed by atoms with Gasteiger partial charge in [-0.1, -0.05) is 15.9 Å². The zero-order valence-electron chi connectivity index (χ0n) is 8.44. The number of hydrogen-bond acceptors (Lipinski definition) is 4. The highest BCUT2D eigenvalue weighted by molar-refractivity contribution is 9.10. The molecule has 3 N–H and O–H groups in total. The lowest BCUT2D eigenvalue weighted by Gasteiger charge is -2.10. The molecule has 16 heavy (non-hydrogen) atoms. The van der Waals surface area contributed by atoms with E-state index in [0.717, 1.165) is 0 Å². The maximum Gasteiger partial charge on any atom is 0.342 e. The van der Waals surface area contributed by atoms with Gasteiger partial charge in [-0.25, -0.2) is 4.79 Å². The summed E-state index contributed by atoms with van der Waals surface area (Å²) in [4.78, 5) is 22.2. The van der Waals surface area contributed by atoms with Gasteiger partial charge in [-0.15, -0.1) is 0 Å². The highest BCUT2D eigenvalue weighted by Crippen LogP contribution is 2.22. The van der Waals surface area contributed by atoms with E-state index in [4.69, 9.17) is 10.5 Å². The third-order valence-corrected chi connectivity index (χ3v) is 2.36. The van der Waals surface area contributed by atoms with Crippen molar-refractivity contribution >= 4 is 27.8 Å². The molecule has 0 heterocycles. The number of primary amides is 1. The van der Waals surface area contributed by atoms with Crippen LogP contribution in [0.4, 0.5) is 0 Å². The fourth-order valence-corrected chi connectivity index (χ4v) is 1.31. The number of phenolic OH excluding ortho intramolecular Hbond substituents is 1. The Morgan fingerprint density at radius 1 is 1.50 bits per heavy atom. The fourth-order valence-electron chi connectivity index (χ4n) is 0.954. The van der Waals surface area contributed by atoms with E-state index in [1.807, 2.05) is 0 Å². The molecular weight excluding hydrogens is 278 g/mol. The lowest BCUT2D eigenvalue weighted by Crippen LogP contribution is -2.30. The number of carbonyl (C=O) groups excluding carboxylic acids is 2. The maximum atomic E-state index is 11.5. The highest BCUT2D eigenvalue weighted by Gasteiger charge is 2.18. The SMILES string of the molecule is C[C@H](OC(=O)c1cc(Br)ccc1O)C(N)=O. The number of benzene rings is 1. The first kappa shape index (κ1) is 12.5. The molecule has 0 saturated carbocycles. The van der Waals surface area contributed by atoms with Crippen LogP contribution in [-0.2, 0) is 9.53 Å². The summed E-state index contributed by atoms with van der Waals surface area (Å²) in [5.74, 6) is -1.77. The lowest BCUT2D eigenvalue weighted by atomic mass is 10.2. The zero-order chi connectivity index (χ0) is 12.3. The van der Waals surface area contributed by atoms with Crippen molar-refractivity contribution in [2.75, 3.05) is 0 Å². The van der Waals surface area contributed by atoms with Gasteiger partial charge in [0.2, 0.25) is 0 Å². The van der Waals surface area contributed by atoms with Gasteiger partial charge in [0.15, 0.2) is 6.10 Å². The highest BCUT2D eigenvalue weighted by atomic mass is 79.9. The molecule has 0 aliphatic rings. The first-order chi connectivity index (χ1) is 7.41. The third-order valence-electron chi connectivity index (χ3n) is 1.86. The molecule has 5 nitrogen and oxygen atoms in total. The molecule has 0 bridgehead atoms. The normalized spacial score (nSPS) is 11.9. The van der Waals surface area contributed by atoms with Crippen molar-refractivity contribution in [3.8, 4) is 5.75 Å². The molecule has 0 unspecified atom stereocenters. The zero-order valence-corrected chi connectivity index (χ0v) is 10.0. The molecular formula is C10H10BrNO4. The van der Waals surface area contributed by atoms with E-state index in [2.05, 4.69) is 15.9 Å². The van der Waals surface area contributed by atoms with Crippen LogP contribution in [0.15, 0.2) is 22.7 Å². The van der Waals surface area contributed by atoms with E-state index >= 15 is 0 Å². The second-order valence-corrected chi connectivity index (χ2v) is 4.03. The number of halogens is 1. The van der Waals surface area contributed by atoms with Crippen molar-refractivity contribution in [2.24, 2.45) is 5.73 Å². The molecule has 0 radical (unpaired) electrons. The van der Waals surface area contributed by atoms with Crippen LogP contribution in [0.1, 0.15) is 17.3 Å². The molecule has 0 aromatic heterocycles. The number of aromatic hydroxyl groups is 1. The molecule has 0 aliphatic heterocycles. The van der Waals surface area contributed by atoms with Crippen molar-refractivity contribution in [3.63, 3.8) is 0 Å². The molecule has 0 fully saturated rings. The van der Waals surface area contributed by atoms with Gasteiger partial charge in [0.05, 0.1) is 0 Å². The van der Waals surface area contributed by atoms with Gasteiger partial charge in [0.1, 0.15) is 11.3 Å². The third kappa shape index (κ3) is 2.96. The number of hydrogen-bond donors (Lipinski definition) is 2. The number of ether oxygens (including phenoxy) is 1. The summed E-state index contributed by atoms with van der Waals surface area (Å²) >= 11 is 3.15. The molecule has 86 valence electrons. The molecule has 1 aromatic rings. The monoisotopic (exact) mass is 287 g/mol. The number of esters is 1. The average molecular weight is 288 g/mol. The Hall–Kier alpha value is -1.56. The van der Waals surface area contributed by atoms with Crippen LogP contribution >= 0.6 is 15.9 Å². The topological polar surface area (TPSA) is 89.6 Å². The summed E-state index contributed by atoms with van der Waals surface area (Å²) < 4.78 is 5.35. The van der Waals surface area contributed by atoms with Gasteiger partial charge in [0.25, 0.3) is 5.91 Å². The second kappa shape index (κ2) is 4.98. The molecule has 1 atom stereocenters. The maximum absolute atomic E-state index is 11.5. The minimum absolute atomic E-state index is 0.0255. The Balaban J connectivity index is 2.88. The standard InChI is InChI=1S/C10H10BrNO4/c1-5(9(12)14)16-10(15)7-4-6(11)2-3-8(7)13/h2-5,13H,1H3,(H2,12,14)/t5-/m0/s1. The second-order valence-electron chi connectivity index (χ2n) is 3.11. The van der Waals surface area contributed by atoms with E-state index in [1.165, 1.54) is 19.1 Å². The molecule has 6 heteroatoms. The largest absolute Gasteiger partial charge is 0.507 e. The quantitative estimate of drug-likeness (QED) is 0.817. The van der Waals surface area contributed by atoms with Crippen molar-refractivity contribution in [3.05, 3.63) is 28.2 Å². The molecule has 1 aromatic carbocycles. The Morgan fingerprint density at radius 2 is 2.12 bits per heavy atom. The van der Waals surface area contributed by atoms with E-state index < -0.39 is 18.0 Å². The van der Waals surface area contributed by atoms with Crippen molar-refractivity contribution in [2.45, 2.75) is 13.0 Å². The van der Waals surface area contributed by atoms with Gasteiger partial charge < -0.3 is 15.6 Å². The van der Waals surface area contributed by atoms with Crippen LogP contribution in [0.2, 0.25) is 0 Å². The molecule has 0 spiro atoms. The summed E-state index contributed by atoms with van der Waals surface area (Å²) in [6, 6.07) is 4.31. The predicted octanol–water partition coefficient (Wildman–Crippen LogP) is 1.19. The van der Waals surface area contributed by atoms with Crippen molar-refractivity contribution in [1.29, 1.82) is 0 Å². The average Bonchev–Trinajstić information content (AvgIpc) is 2.21. The van der Waals surface area contributed by atoms with E-state index in [9.17, 15) is 14.7 Å². The van der Waals surface area contributed by atoms with E-state index in [0.29, 0.717) is 4.47 Å². The summed E-state index contributed by atoms with van der Waals surface area (Å²) in [5.41, 5.74) is 4.92. The molecule has 0 aliphatic carbocycles. The van der Waals surface area contributed by atoms with Crippen LogP contribution in [-0.4, -0.2) is 23.1 Å². The Bertz CT molecular complexity index is 433. The van der Waals surface area contributed by atoms with Gasteiger partial charge in [-0.2, -0.15) is 0 Å². The smallest absolute Gasteiger partial charge is 0.342 e. The number of amides is 1. The summed E-state index contributed by atoms with van der Waals surface area (Å²) in [7, 11) is 0. The van der Waals surface area contributed by atoms with Gasteiger partial charge in [0, 0.05) is 4.47 Å². The number of rotatable bonds is 3. The summed E-state index contributed by atoms with van der Waals surface area (Å²) in [5, 5.41) is 9.42. The Morgan fingerprint density at radius 3 is 2.69 bits per heavy atom. The Kier molecular flexibility index (Phi) is 3.89. The van der Waals surface area contributed by atoms with E-state index in [-0.39, 0.29) is 11.3 Å². The molecule has 0 saturated heterocycles. The van der Waals surface area contributed by atoms with Crippen LogP contribution in [0.3, 0.4) is 0 Å². The Labute approximate surface area is 100 Å². The van der Waals surface area contributed by atoms with Gasteiger partial charge in [-0.3, -0.25) is 4.79 Å². The first-order valence-corrected chi connectivity index (χ1v) is 5.20. The van der Waals surface area contributed by atoms with Crippen molar-refractivity contribution in [1.82, 2.24) is 0 Å². The van der Waals surface area contributed by atoms with Crippen LogP contribution in [0.5, 0.6) is 5.75 Å². The molecule has 1 amide bonds. The first-order valence-electron chi connectivity index (χ1n) is 4.40. The number of carbonyl (C=O) groups is 2.